The smallest absolute Gasteiger partial charge is 0.306 e. The van der Waals surface area contributed by atoms with Crippen LogP contribution in [0.15, 0.2) is 24.3 Å². The van der Waals surface area contributed by atoms with E-state index in [0.29, 0.717) is 19.3 Å². The minimum absolute atomic E-state index is 0.0725. The van der Waals surface area contributed by atoms with E-state index in [2.05, 4.69) is 45.1 Å². The van der Waals surface area contributed by atoms with Crippen LogP contribution in [-0.4, -0.2) is 37.2 Å². The van der Waals surface area contributed by atoms with E-state index in [1.807, 2.05) is 0 Å². The third-order valence-corrected chi connectivity index (χ3v) is 11.9. The first-order valence-electron chi connectivity index (χ1n) is 26.8. The zero-order chi connectivity index (χ0) is 44.4. The Morgan fingerprint density at radius 3 is 0.820 bits per heavy atom. The number of unbranched alkanes of at least 4 members (excludes halogenated alkanes) is 34. The van der Waals surface area contributed by atoms with Crippen LogP contribution < -0.4 is 0 Å². The van der Waals surface area contributed by atoms with Crippen molar-refractivity contribution in [1.82, 2.24) is 0 Å². The van der Waals surface area contributed by atoms with Gasteiger partial charge in [-0.1, -0.05) is 225 Å². The van der Waals surface area contributed by atoms with Crippen molar-refractivity contribution >= 4 is 17.9 Å². The van der Waals surface area contributed by atoms with E-state index >= 15 is 0 Å². The molecule has 0 amide bonds. The highest BCUT2D eigenvalue weighted by molar-refractivity contribution is 5.71. The summed E-state index contributed by atoms with van der Waals surface area (Å²) in [5.41, 5.74) is 0. The number of hydrogen-bond donors (Lipinski definition) is 0. The number of carbonyl (C=O) groups is 3. The van der Waals surface area contributed by atoms with Crippen LogP contribution in [0.4, 0.5) is 0 Å². The van der Waals surface area contributed by atoms with Crippen LogP contribution in [0.25, 0.3) is 0 Å². The molecule has 6 heteroatoms. The number of hydrogen-bond acceptors (Lipinski definition) is 6. The minimum atomic E-state index is -0.771. The van der Waals surface area contributed by atoms with Crippen LogP contribution in [-0.2, 0) is 28.6 Å². The zero-order valence-corrected chi connectivity index (χ0v) is 40.9. The number of carbonyl (C=O) groups excluding carboxylic acids is 3. The molecule has 0 aromatic heterocycles. The highest BCUT2D eigenvalue weighted by atomic mass is 16.6. The van der Waals surface area contributed by atoms with Gasteiger partial charge in [-0.3, -0.25) is 14.4 Å². The molecular weight excluding hydrogens is 757 g/mol. The summed E-state index contributed by atoms with van der Waals surface area (Å²) in [6, 6.07) is 0. The minimum Gasteiger partial charge on any atom is -0.462 e. The second kappa shape index (κ2) is 50.5. The maximum Gasteiger partial charge on any atom is 0.306 e. The van der Waals surface area contributed by atoms with Gasteiger partial charge in [-0.25, -0.2) is 0 Å². The van der Waals surface area contributed by atoms with E-state index in [-0.39, 0.29) is 31.1 Å². The largest absolute Gasteiger partial charge is 0.462 e. The average molecular weight is 859 g/mol. The van der Waals surface area contributed by atoms with Gasteiger partial charge in [-0.15, -0.1) is 0 Å². The third kappa shape index (κ3) is 48.8. The van der Waals surface area contributed by atoms with Crippen LogP contribution in [0.3, 0.4) is 0 Å². The lowest BCUT2D eigenvalue weighted by Gasteiger charge is -2.18. The third-order valence-electron chi connectivity index (χ3n) is 11.9. The molecule has 0 aromatic carbocycles. The Morgan fingerprint density at radius 2 is 0.541 bits per heavy atom. The van der Waals surface area contributed by atoms with Gasteiger partial charge in [0.05, 0.1) is 0 Å². The highest BCUT2D eigenvalue weighted by Gasteiger charge is 2.19. The first kappa shape index (κ1) is 58.9. The molecule has 0 N–H and O–H groups in total. The van der Waals surface area contributed by atoms with E-state index in [0.717, 1.165) is 64.2 Å². The summed E-state index contributed by atoms with van der Waals surface area (Å²) in [6.07, 6.45) is 57.3. The highest BCUT2D eigenvalue weighted by Crippen LogP contribution is 2.15. The molecule has 0 heterocycles. The summed E-state index contributed by atoms with van der Waals surface area (Å²) < 4.78 is 16.8. The van der Waals surface area contributed by atoms with Crippen molar-refractivity contribution in [1.29, 1.82) is 0 Å². The molecular formula is C55H102O6. The van der Waals surface area contributed by atoms with E-state index in [1.165, 1.54) is 186 Å². The van der Waals surface area contributed by atoms with Crippen LogP contribution >= 0.6 is 0 Å². The number of rotatable bonds is 49. The van der Waals surface area contributed by atoms with Crippen molar-refractivity contribution in [2.45, 2.75) is 297 Å². The van der Waals surface area contributed by atoms with Crippen LogP contribution in [0.5, 0.6) is 0 Å². The number of esters is 3. The van der Waals surface area contributed by atoms with Crippen LogP contribution in [0.2, 0.25) is 0 Å². The summed E-state index contributed by atoms with van der Waals surface area (Å²) in [5.74, 6) is -0.872. The lowest BCUT2D eigenvalue weighted by molar-refractivity contribution is -0.167. The normalized spacial score (nSPS) is 12.1. The molecule has 358 valence electrons. The van der Waals surface area contributed by atoms with Crippen molar-refractivity contribution < 1.29 is 28.6 Å². The first-order chi connectivity index (χ1) is 30.0. The maximum absolute atomic E-state index is 12.8. The van der Waals surface area contributed by atoms with Gasteiger partial charge in [0.25, 0.3) is 0 Å². The first-order valence-corrected chi connectivity index (χ1v) is 26.8. The maximum atomic E-state index is 12.8. The SMILES string of the molecule is CCCCCCCC/C=C\CCCCCCCCCC(=O)OC[C@H](COC(=O)CCCCCCC/C=C\CCCCCCCC)OC(=O)CCCCCCCCCCCCC. The Balaban J connectivity index is 4.32. The van der Waals surface area contributed by atoms with Crippen molar-refractivity contribution in [3.05, 3.63) is 24.3 Å². The van der Waals surface area contributed by atoms with E-state index < -0.39 is 6.10 Å². The fraction of sp³-hybridized carbons (Fsp3) is 0.873. The molecule has 0 aliphatic heterocycles. The fourth-order valence-corrected chi connectivity index (χ4v) is 7.84. The average Bonchev–Trinajstić information content (AvgIpc) is 3.26. The van der Waals surface area contributed by atoms with Gasteiger partial charge in [0.15, 0.2) is 6.10 Å². The molecule has 0 saturated carbocycles. The molecule has 0 spiro atoms. The summed E-state index contributed by atoms with van der Waals surface area (Å²) in [6.45, 7) is 6.64. The Hall–Kier alpha value is -2.11. The molecule has 0 fully saturated rings. The predicted molar refractivity (Wildman–Crippen MR) is 261 cm³/mol. The van der Waals surface area contributed by atoms with Gasteiger partial charge in [0.1, 0.15) is 13.2 Å². The summed E-state index contributed by atoms with van der Waals surface area (Å²) >= 11 is 0. The Bertz CT molecular complexity index is 989. The summed E-state index contributed by atoms with van der Waals surface area (Å²) in [7, 11) is 0. The quantitative estimate of drug-likeness (QED) is 0.0262. The second-order valence-electron chi connectivity index (χ2n) is 18.1. The topological polar surface area (TPSA) is 78.9 Å². The van der Waals surface area contributed by atoms with Crippen LogP contribution in [0, 0.1) is 0 Å². The van der Waals surface area contributed by atoms with Crippen LogP contribution in [0.1, 0.15) is 290 Å². The van der Waals surface area contributed by atoms with Gasteiger partial charge in [-0.2, -0.15) is 0 Å². The van der Waals surface area contributed by atoms with Gasteiger partial charge in [-0.05, 0) is 70.6 Å². The molecule has 0 rings (SSSR count). The van der Waals surface area contributed by atoms with Crippen molar-refractivity contribution in [3.63, 3.8) is 0 Å². The predicted octanol–water partition coefficient (Wildman–Crippen LogP) is 17.5. The standard InChI is InChI=1S/C55H102O6/c1-4-7-10-13-16-19-22-24-26-27-29-31-34-36-39-42-45-48-54(57)60-51-52(61-55(58)49-46-43-40-37-32-21-18-15-12-9-6-3)50-59-53(56)47-44-41-38-35-33-30-28-25-23-20-17-14-11-8-5-2/h24-26,28,52H,4-23,27,29-51H2,1-3H3/b26-24-,28-25-/t52-/m0/s1. The summed E-state index contributed by atoms with van der Waals surface area (Å²) in [4.78, 5) is 38.0. The monoisotopic (exact) mass is 859 g/mol. The molecule has 1 atom stereocenters. The van der Waals surface area contributed by atoms with Gasteiger partial charge in [0.2, 0.25) is 0 Å². The Kier molecular flexibility index (Phi) is 48.8. The van der Waals surface area contributed by atoms with Crippen molar-refractivity contribution in [3.8, 4) is 0 Å². The molecule has 6 nitrogen and oxygen atoms in total. The van der Waals surface area contributed by atoms with Crippen molar-refractivity contribution in [2.75, 3.05) is 13.2 Å². The molecule has 0 saturated heterocycles. The zero-order valence-electron chi connectivity index (χ0n) is 40.9. The second-order valence-corrected chi connectivity index (χ2v) is 18.1. The van der Waals surface area contributed by atoms with Gasteiger partial charge in [0, 0.05) is 19.3 Å². The van der Waals surface area contributed by atoms with E-state index in [1.54, 1.807) is 0 Å². The molecule has 0 bridgehead atoms. The summed E-state index contributed by atoms with van der Waals surface area (Å²) in [5, 5.41) is 0. The molecule has 0 radical (unpaired) electrons. The molecule has 0 unspecified atom stereocenters. The molecule has 0 aliphatic carbocycles. The van der Waals surface area contributed by atoms with E-state index in [4.69, 9.17) is 14.2 Å². The molecule has 61 heavy (non-hydrogen) atoms. The molecule has 0 aliphatic rings. The van der Waals surface area contributed by atoms with Crippen molar-refractivity contribution in [2.24, 2.45) is 0 Å². The Morgan fingerprint density at radius 1 is 0.311 bits per heavy atom. The lowest BCUT2D eigenvalue weighted by Crippen LogP contribution is -2.30. The Labute approximate surface area is 379 Å². The van der Waals surface area contributed by atoms with E-state index in [9.17, 15) is 14.4 Å². The lowest BCUT2D eigenvalue weighted by atomic mass is 10.1. The van der Waals surface area contributed by atoms with Gasteiger partial charge >= 0.3 is 17.9 Å². The number of ether oxygens (including phenoxy) is 3. The fourth-order valence-electron chi connectivity index (χ4n) is 7.84. The van der Waals surface area contributed by atoms with Gasteiger partial charge < -0.3 is 14.2 Å². The number of allylic oxidation sites excluding steroid dienone is 4. The molecule has 0 aromatic rings.